The van der Waals surface area contributed by atoms with E-state index in [1.807, 2.05) is 54.6 Å². The van der Waals surface area contributed by atoms with Gasteiger partial charge in [-0.3, -0.25) is 5.32 Å². The van der Waals surface area contributed by atoms with Gasteiger partial charge in [0.05, 0.1) is 17.6 Å². The Bertz CT molecular complexity index is 1320. The topological polar surface area (TPSA) is 135 Å². The largest absolute Gasteiger partial charge is 0.545 e. The Balaban J connectivity index is 0.000000186. The van der Waals surface area contributed by atoms with Crippen LogP contribution in [0.4, 0.5) is 11.6 Å². The average Bonchev–Trinajstić information content (AvgIpc) is 2.78. The van der Waals surface area contributed by atoms with Crippen LogP contribution in [0, 0.1) is 0 Å². The molecular formula is C24H24N4O4. The molecule has 0 radical (unpaired) electrons. The summed E-state index contributed by atoms with van der Waals surface area (Å²) in [6, 6.07) is 19.1. The molecule has 0 aliphatic carbocycles. The lowest BCUT2D eigenvalue weighted by molar-refractivity contribution is -0.805. The fourth-order valence-corrected chi connectivity index (χ4v) is 4.02. The van der Waals surface area contributed by atoms with Crippen LogP contribution in [0.5, 0.6) is 0 Å². The molecule has 2 aromatic heterocycles. The number of fused-ring (bicyclic) bond motifs is 4. The summed E-state index contributed by atoms with van der Waals surface area (Å²) >= 11 is 0. The van der Waals surface area contributed by atoms with Gasteiger partial charge >= 0.3 is 0 Å². The van der Waals surface area contributed by atoms with E-state index in [0.717, 1.165) is 21.5 Å². The molecule has 32 heavy (non-hydrogen) atoms. The van der Waals surface area contributed by atoms with Crippen LogP contribution in [0.3, 0.4) is 0 Å². The number of rotatable bonds is 1. The highest BCUT2D eigenvalue weighted by atomic mass is 16.4. The lowest BCUT2D eigenvalue weighted by Crippen LogP contribution is -2.77. The fourth-order valence-electron chi connectivity index (χ4n) is 4.02. The molecule has 5 rings (SSSR count). The number of aliphatic hydroxyl groups excluding tert-OH is 1. The number of carboxylic acids is 1. The number of nitrogens with two attached hydrogens (primary N) is 1. The lowest BCUT2D eigenvalue weighted by Gasteiger charge is -2.43. The van der Waals surface area contributed by atoms with Gasteiger partial charge in [-0.2, -0.15) is 0 Å². The Hall–Kier alpha value is -3.75. The van der Waals surface area contributed by atoms with E-state index in [-0.39, 0.29) is 0 Å². The number of pyridine rings is 2. The Morgan fingerprint density at radius 1 is 1.06 bits per heavy atom. The molecule has 1 aliphatic heterocycles. The fraction of sp³-hybridized carbons (Fsp3) is 0.208. The zero-order chi connectivity index (χ0) is 23.1. The first-order valence-electron chi connectivity index (χ1n) is 10.1. The number of nitrogens with one attached hydrogen (secondary N) is 1. The smallest absolute Gasteiger partial charge is 0.285 e. The highest BCUT2D eigenvalue weighted by molar-refractivity contribution is 5.93. The van der Waals surface area contributed by atoms with Crippen molar-refractivity contribution in [2.45, 2.75) is 31.2 Å². The molecule has 4 aromatic rings. The summed E-state index contributed by atoms with van der Waals surface area (Å²) in [5.74, 6) is -0.451. The minimum Gasteiger partial charge on any atom is -0.545 e. The van der Waals surface area contributed by atoms with E-state index < -0.39 is 23.3 Å². The van der Waals surface area contributed by atoms with Gasteiger partial charge in [-0.25, -0.2) is 9.55 Å². The van der Waals surface area contributed by atoms with Crippen LogP contribution in [0.2, 0.25) is 0 Å². The van der Waals surface area contributed by atoms with Gasteiger partial charge < -0.3 is 25.8 Å². The number of hydrogen-bond donors (Lipinski definition) is 4. The number of carboxylic acid groups (broad SMARTS) is 1. The van der Waals surface area contributed by atoms with Gasteiger partial charge in [0.2, 0.25) is 5.72 Å². The van der Waals surface area contributed by atoms with Crippen molar-refractivity contribution in [2.24, 2.45) is 0 Å². The van der Waals surface area contributed by atoms with Crippen molar-refractivity contribution in [2.75, 3.05) is 11.1 Å². The van der Waals surface area contributed by atoms with Crippen molar-refractivity contribution >= 4 is 39.1 Å². The second-order valence-corrected chi connectivity index (χ2v) is 8.15. The zero-order valence-electron chi connectivity index (χ0n) is 17.7. The summed E-state index contributed by atoms with van der Waals surface area (Å²) < 4.78 is 1.44. The predicted molar refractivity (Wildman–Crippen MR) is 119 cm³/mol. The van der Waals surface area contributed by atoms with E-state index in [1.165, 1.54) is 18.4 Å². The van der Waals surface area contributed by atoms with Crippen molar-refractivity contribution in [1.29, 1.82) is 0 Å². The maximum atomic E-state index is 11.5. The minimum absolute atomic E-state index is 0.426. The van der Waals surface area contributed by atoms with Crippen molar-refractivity contribution < 1.29 is 24.7 Å². The third-order valence-corrected chi connectivity index (χ3v) is 5.92. The van der Waals surface area contributed by atoms with Gasteiger partial charge in [0.1, 0.15) is 5.82 Å². The summed E-state index contributed by atoms with van der Waals surface area (Å²) in [4.78, 5) is 15.5. The van der Waals surface area contributed by atoms with E-state index in [0.29, 0.717) is 11.6 Å². The molecule has 0 amide bonds. The highest BCUT2D eigenvalue weighted by Crippen LogP contribution is 2.34. The minimum atomic E-state index is -1.80. The first kappa shape index (κ1) is 21.5. The normalized spacial score (nSPS) is 24.2. The number of aliphatic carboxylic acids is 1. The maximum absolute atomic E-state index is 11.5. The van der Waals surface area contributed by atoms with E-state index in [1.54, 1.807) is 18.5 Å². The molecule has 0 bridgehead atoms. The Morgan fingerprint density at radius 3 is 2.28 bits per heavy atom. The van der Waals surface area contributed by atoms with E-state index in [4.69, 9.17) is 5.73 Å². The lowest BCUT2D eigenvalue weighted by atomic mass is 9.84. The molecule has 0 spiro atoms. The van der Waals surface area contributed by atoms with E-state index >= 15 is 0 Å². The molecule has 8 heteroatoms. The number of aromatic nitrogens is 2. The Kier molecular flexibility index (Phi) is 5.20. The maximum Gasteiger partial charge on any atom is 0.285 e. The number of carbonyl (C=O) groups excluding carboxylic acids is 1. The van der Waals surface area contributed by atoms with Crippen molar-refractivity contribution in [3.8, 4) is 0 Å². The average molecular weight is 432 g/mol. The first-order valence-corrected chi connectivity index (χ1v) is 10.1. The van der Waals surface area contributed by atoms with Gasteiger partial charge in [-0.15, -0.1) is 0 Å². The Labute approximate surface area is 184 Å². The third kappa shape index (κ3) is 3.39. The highest BCUT2D eigenvalue weighted by Gasteiger charge is 2.57. The van der Waals surface area contributed by atoms with Crippen LogP contribution in [-0.2, 0) is 10.5 Å². The van der Waals surface area contributed by atoms with Crippen LogP contribution in [0.25, 0.3) is 21.5 Å². The van der Waals surface area contributed by atoms with Crippen LogP contribution in [-0.4, -0.2) is 32.8 Å². The van der Waals surface area contributed by atoms with Crippen LogP contribution in [0.15, 0.2) is 73.1 Å². The van der Waals surface area contributed by atoms with Crippen molar-refractivity contribution in [3.63, 3.8) is 0 Å². The zero-order valence-corrected chi connectivity index (χ0v) is 17.7. The summed E-state index contributed by atoms with van der Waals surface area (Å²) in [5, 5.41) is 39.0. The SMILES string of the molecule is CC1(C(=O)[O-])Nc2c3ccccc3cc[n+]2C(C)(O)C1O.Nc1nccc2ccccc12. The predicted octanol–water partition coefficient (Wildman–Crippen LogP) is 0.904. The molecule has 1 aliphatic rings. The molecule has 0 fully saturated rings. The van der Waals surface area contributed by atoms with Crippen LogP contribution >= 0.6 is 0 Å². The summed E-state index contributed by atoms with van der Waals surface area (Å²) in [6.07, 6.45) is 1.76. The third-order valence-electron chi connectivity index (χ3n) is 5.92. The number of aliphatic hydroxyl groups is 2. The molecule has 0 saturated heterocycles. The quantitative estimate of drug-likeness (QED) is 0.328. The standard InChI is InChI=1S/C15H16N2O4.C9H8N2/c1-14(13(19)20)12(18)15(2,21)17-8-7-9-5-3-4-6-10(9)11(17)16-14;10-9-8-4-2-1-3-7(8)5-6-11-9/h3-8,12,18,21H,1-2H3,(H,19,20);1-6H,(H2,10,11). The molecule has 5 N–H and O–H groups in total. The van der Waals surface area contributed by atoms with Crippen molar-refractivity contribution in [1.82, 2.24) is 4.98 Å². The molecule has 3 atom stereocenters. The summed E-state index contributed by atoms with van der Waals surface area (Å²) in [7, 11) is 0. The van der Waals surface area contributed by atoms with E-state index in [2.05, 4.69) is 10.3 Å². The Morgan fingerprint density at radius 2 is 1.66 bits per heavy atom. The number of carbonyl (C=O) groups is 1. The monoisotopic (exact) mass is 432 g/mol. The van der Waals surface area contributed by atoms with Crippen LogP contribution in [0.1, 0.15) is 13.8 Å². The molecule has 3 heterocycles. The number of benzene rings is 2. The van der Waals surface area contributed by atoms with Gasteiger partial charge in [0.15, 0.2) is 11.6 Å². The first-order chi connectivity index (χ1) is 15.2. The number of nitrogen functional groups attached to an aromatic ring is 1. The molecule has 3 unspecified atom stereocenters. The van der Waals surface area contributed by atoms with E-state index in [9.17, 15) is 20.1 Å². The van der Waals surface area contributed by atoms with Gasteiger partial charge in [0, 0.05) is 18.5 Å². The van der Waals surface area contributed by atoms with Gasteiger partial charge in [0.25, 0.3) is 5.82 Å². The molecule has 164 valence electrons. The summed E-state index contributed by atoms with van der Waals surface area (Å²) in [5.41, 5.74) is 2.07. The van der Waals surface area contributed by atoms with Gasteiger partial charge in [-0.05, 0) is 35.9 Å². The molecular weight excluding hydrogens is 408 g/mol. The molecule has 0 saturated carbocycles. The van der Waals surface area contributed by atoms with Gasteiger partial charge in [-0.1, -0.05) is 42.5 Å². The molecule has 8 nitrogen and oxygen atoms in total. The summed E-state index contributed by atoms with van der Waals surface area (Å²) in [6.45, 7) is 2.67. The number of hydrogen-bond acceptors (Lipinski definition) is 7. The number of nitrogens with zero attached hydrogens (tertiary/aromatic N) is 2. The number of anilines is 2. The molecule has 2 aromatic carbocycles. The second kappa shape index (κ2) is 7.74. The second-order valence-electron chi connectivity index (χ2n) is 8.15. The van der Waals surface area contributed by atoms with Crippen molar-refractivity contribution in [3.05, 3.63) is 73.1 Å². The van der Waals surface area contributed by atoms with Crippen LogP contribution < -0.4 is 20.7 Å².